The first-order valence-corrected chi connectivity index (χ1v) is 33.5. The first kappa shape index (κ1) is 45.9. The monoisotopic (exact) mass is 1080 g/mol. The van der Waals surface area contributed by atoms with E-state index in [2.05, 4.69) is 147 Å². The first-order valence-electron chi connectivity index (χ1n) is 33.5. The van der Waals surface area contributed by atoms with Gasteiger partial charge >= 0.3 is 0 Å². The van der Waals surface area contributed by atoms with Gasteiger partial charge in [-0.1, -0.05) is 174 Å². The molecule has 9 heterocycles. The largest absolute Gasteiger partial charge is 0.311 e. The van der Waals surface area contributed by atoms with Crippen molar-refractivity contribution in [3.8, 4) is 39.3 Å². The van der Waals surface area contributed by atoms with Crippen LogP contribution in [0.2, 0.25) is 0 Å². The third-order valence-corrected chi connectivity index (χ3v) is 24.6. The summed E-state index contributed by atoms with van der Waals surface area (Å²) < 4.78 is 8.87. The van der Waals surface area contributed by atoms with Crippen LogP contribution in [0.5, 0.6) is 0 Å². The highest BCUT2D eigenvalue weighted by Crippen LogP contribution is 2.50. The molecule has 0 amide bonds. The van der Waals surface area contributed by atoms with Gasteiger partial charge < -0.3 is 13.7 Å². The molecule has 0 saturated heterocycles. The van der Waals surface area contributed by atoms with Gasteiger partial charge in [0.05, 0.1) is 0 Å². The minimum atomic E-state index is 0.0390. The highest BCUT2D eigenvalue weighted by molar-refractivity contribution is 7.08. The Kier molecular flexibility index (Phi) is 8.91. The molecule has 4 saturated carbocycles. The van der Waals surface area contributed by atoms with Crippen LogP contribution in [0.25, 0.3) is 105 Å². The van der Waals surface area contributed by atoms with E-state index in [1.165, 1.54) is 228 Å². The van der Waals surface area contributed by atoms with Crippen molar-refractivity contribution in [2.24, 2.45) is 0 Å². The average molecular weight is 1080 g/mol. The molecular weight excluding hydrogens is 1010 g/mol. The van der Waals surface area contributed by atoms with Gasteiger partial charge in [0.1, 0.15) is 0 Å². The van der Waals surface area contributed by atoms with E-state index in [1.54, 1.807) is 77.0 Å². The fourth-order valence-corrected chi connectivity index (χ4v) is 21.1. The van der Waals surface area contributed by atoms with Gasteiger partial charge in [-0.25, -0.2) is 0 Å². The summed E-state index contributed by atoms with van der Waals surface area (Å²) in [6, 6.07) is 56.1. The molecule has 22 rings (SSSR count). The van der Waals surface area contributed by atoms with Gasteiger partial charge in [-0.3, -0.25) is 0 Å². The second-order valence-electron chi connectivity index (χ2n) is 28.6. The molecule has 84 heavy (non-hydrogen) atoms. The van der Waals surface area contributed by atoms with Crippen molar-refractivity contribution < 1.29 is 0 Å². The van der Waals surface area contributed by atoms with E-state index in [0.717, 1.165) is 0 Å². The Morgan fingerprint density at radius 1 is 0.250 bits per heavy atom. The minimum absolute atomic E-state index is 0.0390. The zero-order chi connectivity index (χ0) is 53.9. The summed E-state index contributed by atoms with van der Waals surface area (Å²) in [7, 11) is 0. The molecule has 6 heteroatoms. The van der Waals surface area contributed by atoms with Gasteiger partial charge in [0.25, 0.3) is 20.1 Å². The Bertz CT molecular complexity index is 4700. The van der Waals surface area contributed by atoms with Crippen molar-refractivity contribution in [1.29, 1.82) is 0 Å². The molecule has 402 valence electrons. The summed E-state index contributed by atoms with van der Waals surface area (Å²) in [5.74, 6) is 2.37. The molecule has 3 aromatic heterocycles. The lowest BCUT2D eigenvalue weighted by Gasteiger charge is -2.46. The van der Waals surface area contributed by atoms with E-state index in [0.29, 0.717) is 23.7 Å². The SMILES string of the molecule is c1ccc(-c2cc3c4c(c2)c2cc(C5CCCCC5)cc5c2n4-c2c4c6c7c8c2B5c2cc(C5CCCCC5)cc5c9cc(C%10CCCCC%10)cc(c9n-8c25)B7c2cc(C5CCCCC5)cc5c7cc(-c8ccccc8)cc(c7n-6c25)B43)cc1. The van der Waals surface area contributed by atoms with Gasteiger partial charge in [0, 0.05) is 82.5 Å². The van der Waals surface area contributed by atoms with E-state index in [-0.39, 0.29) is 20.1 Å². The number of rotatable bonds is 6. The molecule has 4 aliphatic carbocycles. The van der Waals surface area contributed by atoms with Gasteiger partial charge in [-0.05, 0) is 205 Å². The van der Waals surface area contributed by atoms with Crippen LogP contribution >= 0.6 is 0 Å². The van der Waals surface area contributed by atoms with Gasteiger partial charge in [0.2, 0.25) is 0 Å². The lowest BCUT2D eigenvalue weighted by molar-refractivity contribution is 0.444. The number of aromatic nitrogens is 3. The predicted octanol–water partition coefficient (Wildman–Crippen LogP) is 13.9. The second-order valence-corrected chi connectivity index (χ2v) is 28.6. The molecular formula is C78H66B3N3. The number of nitrogens with zero attached hydrogens (tertiary/aromatic N) is 3. The van der Waals surface area contributed by atoms with Crippen LogP contribution in [0, 0.1) is 0 Å². The lowest BCUT2D eigenvalue weighted by Crippen LogP contribution is -2.72. The lowest BCUT2D eigenvalue weighted by atomic mass is 9.26. The van der Waals surface area contributed by atoms with Crippen LogP contribution in [0.3, 0.4) is 0 Å². The summed E-state index contributed by atoms with van der Waals surface area (Å²) >= 11 is 0. The van der Waals surface area contributed by atoms with E-state index in [1.807, 2.05) is 0 Å². The molecule has 0 unspecified atom stereocenters. The topological polar surface area (TPSA) is 14.8 Å². The van der Waals surface area contributed by atoms with Crippen LogP contribution < -0.4 is 49.2 Å². The van der Waals surface area contributed by atoms with Gasteiger partial charge in [-0.2, -0.15) is 0 Å². The molecule has 3 nitrogen and oxygen atoms in total. The maximum Gasteiger partial charge on any atom is 0.252 e. The molecule has 12 aromatic rings. The molecule has 0 atom stereocenters. The fraction of sp³-hybridized carbons (Fsp3) is 0.308. The zero-order valence-electron chi connectivity index (χ0n) is 48.2. The predicted molar refractivity (Wildman–Crippen MR) is 358 cm³/mol. The molecule has 0 spiro atoms. The van der Waals surface area contributed by atoms with Crippen molar-refractivity contribution in [3.05, 3.63) is 156 Å². The Morgan fingerprint density at radius 3 is 0.774 bits per heavy atom. The van der Waals surface area contributed by atoms with E-state index in [4.69, 9.17) is 0 Å². The molecule has 9 aromatic carbocycles. The number of hydrogen-bond donors (Lipinski definition) is 0. The van der Waals surface area contributed by atoms with Crippen LogP contribution in [0.1, 0.15) is 174 Å². The Labute approximate surface area is 492 Å². The van der Waals surface area contributed by atoms with E-state index >= 15 is 0 Å². The highest BCUT2D eigenvalue weighted by atomic mass is 15.1. The molecule has 4 fully saturated rings. The zero-order valence-corrected chi connectivity index (χ0v) is 48.2. The highest BCUT2D eigenvalue weighted by Gasteiger charge is 2.55. The summed E-state index contributed by atoms with van der Waals surface area (Å²) in [6.07, 6.45) is 26.6. The number of benzene rings is 9. The second kappa shape index (κ2) is 16.3. The standard InChI is InChI=1S/C78H66B3N3/c1-7-19-43(20-8-1)49-31-55-56-32-50(44-21-9-2-10-22-44)39-63-71(56)82-70(55)61(37-49)79-62-38-51(45-23-11-3-12-24-45)33-57-58-34-52(46-25-13-4-14-26-46)41-65-73(58)83(72(57)62)77-67(79)76(82)68-78-69(77)81(65)66-42-54(48-29-17-6-18-30-48)36-60-59-35-53(47-27-15-5-16-28-47)40-64(80(63)68)74(59)84(78)75(60)66/h1,3,7-8,11-12,19-20,23-24,31-42,44,46-48H,2,4-6,9-10,13-18,21-22,25-30H2. The maximum absolute atomic E-state index is 2.98. The van der Waals surface area contributed by atoms with Crippen LogP contribution in [0.15, 0.2) is 133 Å². The van der Waals surface area contributed by atoms with Crippen LogP contribution in [-0.4, -0.2) is 33.8 Å². The smallest absolute Gasteiger partial charge is 0.252 e. The van der Waals surface area contributed by atoms with E-state index < -0.39 is 0 Å². The Morgan fingerprint density at radius 2 is 0.500 bits per heavy atom. The molecule has 6 aliphatic heterocycles. The number of fused-ring (bicyclic) bond motifs is 9. The number of hydrogen-bond acceptors (Lipinski definition) is 0. The molecule has 0 radical (unpaired) electrons. The van der Waals surface area contributed by atoms with E-state index in [9.17, 15) is 0 Å². The van der Waals surface area contributed by atoms with Gasteiger partial charge in [0.15, 0.2) is 0 Å². The third-order valence-electron chi connectivity index (χ3n) is 24.6. The Hall–Kier alpha value is -7.43. The fourth-order valence-electron chi connectivity index (χ4n) is 21.1. The normalized spacial score (nSPS) is 19.2. The van der Waals surface area contributed by atoms with Crippen molar-refractivity contribution in [2.75, 3.05) is 0 Å². The van der Waals surface area contributed by atoms with Crippen LogP contribution in [0.4, 0.5) is 0 Å². The third kappa shape index (κ3) is 5.60. The summed E-state index contributed by atoms with van der Waals surface area (Å²) in [5.41, 5.74) is 39.5. The Balaban J connectivity index is 0.987. The maximum atomic E-state index is 2.98. The van der Waals surface area contributed by atoms with Crippen molar-refractivity contribution >= 4 is 135 Å². The quantitative estimate of drug-likeness (QED) is 0.147. The summed E-state index contributed by atoms with van der Waals surface area (Å²) in [4.78, 5) is 0. The first-order chi connectivity index (χ1) is 41.7. The summed E-state index contributed by atoms with van der Waals surface area (Å²) in [5, 5.41) is 8.96. The van der Waals surface area contributed by atoms with Gasteiger partial charge in [-0.15, -0.1) is 0 Å². The average Bonchev–Trinajstić information content (AvgIpc) is 1.38. The van der Waals surface area contributed by atoms with Crippen LogP contribution in [-0.2, 0) is 0 Å². The molecule has 10 aliphatic rings. The van der Waals surface area contributed by atoms with Crippen molar-refractivity contribution in [2.45, 2.75) is 152 Å². The minimum Gasteiger partial charge on any atom is -0.311 e. The van der Waals surface area contributed by atoms with Crippen molar-refractivity contribution in [3.63, 3.8) is 0 Å². The summed E-state index contributed by atoms with van der Waals surface area (Å²) in [6.45, 7) is 0.279. The molecule has 0 bridgehead atoms. The van der Waals surface area contributed by atoms with Crippen molar-refractivity contribution in [1.82, 2.24) is 13.7 Å². The molecule has 0 N–H and O–H groups in total.